The molecule has 1 aromatic rings. The van der Waals surface area contributed by atoms with E-state index in [1.807, 2.05) is 0 Å². The molecule has 1 N–H and O–H groups in total. The average molecular weight is 351 g/mol. The van der Waals surface area contributed by atoms with Gasteiger partial charge in [0.25, 0.3) is 5.91 Å². The van der Waals surface area contributed by atoms with Crippen LogP contribution in [0.1, 0.15) is 53.2 Å². The van der Waals surface area contributed by atoms with E-state index in [2.05, 4.69) is 30.1 Å². The molecule has 0 unspecified atom stereocenters. The van der Waals surface area contributed by atoms with Crippen LogP contribution in [0.15, 0.2) is 6.07 Å². The number of fused-ring (bicyclic) bond motifs is 1. The molecule has 4 nitrogen and oxygen atoms in total. The van der Waals surface area contributed by atoms with Crippen LogP contribution in [0.2, 0.25) is 0 Å². The van der Waals surface area contributed by atoms with Crippen LogP contribution >= 0.6 is 11.3 Å². The van der Waals surface area contributed by atoms with E-state index >= 15 is 0 Å². The lowest BCUT2D eigenvalue weighted by Gasteiger charge is -2.33. The van der Waals surface area contributed by atoms with E-state index in [0.29, 0.717) is 12.5 Å². The number of hydrogen-bond donors (Lipinski definition) is 1. The van der Waals surface area contributed by atoms with Gasteiger partial charge in [-0.25, -0.2) is 0 Å². The zero-order chi connectivity index (χ0) is 16.9. The molecular weight excluding hydrogens is 320 g/mol. The molecule has 1 amide bonds. The van der Waals surface area contributed by atoms with E-state index in [4.69, 9.17) is 4.74 Å². The van der Waals surface area contributed by atoms with Crippen molar-refractivity contribution in [2.24, 2.45) is 5.92 Å². The molecule has 3 rings (SSSR count). The molecule has 24 heavy (non-hydrogen) atoms. The molecule has 0 aromatic carbocycles. The summed E-state index contributed by atoms with van der Waals surface area (Å²) < 4.78 is 5.82. The summed E-state index contributed by atoms with van der Waals surface area (Å²) in [7, 11) is 0. The van der Waals surface area contributed by atoms with Crippen molar-refractivity contribution in [2.45, 2.75) is 52.1 Å². The molecule has 1 aromatic heterocycles. The highest BCUT2D eigenvalue weighted by Crippen LogP contribution is 2.28. The number of nitrogens with one attached hydrogen (secondary N) is 1. The number of carbonyl (C=O) groups is 1. The number of carbonyl (C=O) groups excluding carboxylic acids is 1. The molecule has 2 heterocycles. The van der Waals surface area contributed by atoms with Crippen molar-refractivity contribution in [3.8, 4) is 0 Å². The molecule has 1 aliphatic heterocycles. The quantitative estimate of drug-likeness (QED) is 0.830. The molecule has 2 aliphatic rings. The molecule has 134 valence electrons. The van der Waals surface area contributed by atoms with Crippen molar-refractivity contribution in [1.82, 2.24) is 10.2 Å². The third-order valence-electron chi connectivity index (χ3n) is 4.81. The van der Waals surface area contributed by atoms with Gasteiger partial charge in [0.15, 0.2) is 0 Å². The van der Waals surface area contributed by atoms with Gasteiger partial charge < -0.3 is 10.1 Å². The van der Waals surface area contributed by atoms with Crippen LogP contribution in [0.25, 0.3) is 0 Å². The minimum atomic E-state index is 0.0673. The van der Waals surface area contributed by atoms with Gasteiger partial charge in [-0.1, -0.05) is 20.3 Å². The van der Waals surface area contributed by atoms with Crippen LogP contribution in [0.3, 0.4) is 0 Å². The number of amides is 1. The van der Waals surface area contributed by atoms with E-state index in [-0.39, 0.29) is 12.0 Å². The highest BCUT2D eigenvalue weighted by atomic mass is 32.1. The third-order valence-corrected chi connectivity index (χ3v) is 6.04. The first kappa shape index (κ1) is 17.9. The van der Waals surface area contributed by atoms with Gasteiger partial charge in [0.05, 0.1) is 17.6 Å². The van der Waals surface area contributed by atoms with Crippen molar-refractivity contribution in [2.75, 3.05) is 32.8 Å². The molecule has 0 spiro atoms. The Balaban J connectivity index is 1.50. The van der Waals surface area contributed by atoms with E-state index in [1.165, 1.54) is 29.7 Å². The monoisotopic (exact) mass is 350 g/mol. The van der Waals surface area contributed by atoms with E-state index < -0.39 is 0 Å². The highest BCUT2D eigenvalue weighted by molar-refractivity contribution is 7.14. The van der Waals surface area contributed by atoms with Gasteiger partial charge >= 0.3 is 0 Å². The van der Waals surface area contributed by atoms with Gasteiger partial charge in [0, 0.05) is 31.1 Å². The third kappa shape index (κ3) is 4.80. The van der Waals surface area contributed by atoms with Gasteiger partial charge in [-0.15, -0.1) is 11.3 Å². The first-order valence-electron chi connectivity index (χ1n) is 9.35. The fourth-order valence-electron chi connectivity index (χ4n) is 3.66. The second-order valence-electron chi connectivity index (χ2n) is 7.48. The predicted octanol–water partition coefficient (Wildman–Crippen LogP) is 3.10. The van der Waals surface area contributed by atoms with E-state index in [1.54, 1.807) is 11.3 Å². The molecule has 1 saturated heterocycles. The van der Waals surface area contributed by atoms with Crippen LogP contribution < -0.4 is 5.32 Å². The largest absolute Gasteiger partial charge is 0.374 e. The fraction of sp³-hybridized carbons (Fsp3) is 0.737. The lowest BCUT2D eigenvalue weighted by molar-refractivity contribution is -0.0295. The molecule has 1 atom stereocenters. The van der Waals surface area contributed by atoms with Gasteiger partial charge in [0.2, 0.25) is 0 Å². The molecule has 5 heteroatoms. The minimum Gasteiger partial charge on any atom is -0.374 e. The van der Waals surface area contributed by atoms with Crippen LogP contribution in [-0.4, -0.2) is 49.7 Å². The molecule has 0 radical (unpaired) electrons. The van der Waals surface area contributed by atoms with Crippen molar-refractivity contribution >= 4 is 17.2 Å². The van der Waals surface area contributed by atoms with Crippen LogP contribution in [0.4, 0.5) is 0 Å². The summed E-state index contributed by atoms with van der Waals surface area (Å²) in [5.74, 6) is 0.734. The average Bonchev–Trinajstić information content (AvgIpc) is 2.83. The molecule has 0 saturated carbocycles. The van der Waals surface area contributed by atoms with Crippen molar-refractivity contribution < 1.29 is 9.53 Å². The number of aryl methyl sites for hydroxylation is 2. The topological polar surface area (TPSA) is 41.6 Å². The summed E-state index contributed by atoms with van der Waals surface area (Å²) in [5, 5.41) is 3.09. The summed E-state index contributed by atoms with van der Waals surface area (Å²) in [5.41, 5.74) is 1.40. The van der Waals surface area contributed by atoms with Gasteiger partial charge in [0.1, 0.15) is 0 Å². The standard InChI is InChI=1S/C19H30N2O2S/c1-14(2)12-21-8-9-23-16(13-21)11-20-19(22)18-10-15-6-4-3-5-7-17(15)24-18/h10,14,16H,3-9,11-13H2,1-2H3,(H,20,22)/t16-/m0/s1. The molecule has 1 aliphatic carbocycles. The van der Waals surface area contributed by atoms with Gasteiger partial charge in [-0.05, 0) is 43.2 Å². The van der Waals surface area contributed by atoms with Crippen LogP contribution in [0, 0.1) is 5.92 Å². The van der Waals surface area contributed by atoms with Gasteiger partial charge in [-0.3, -0.25) is 9.69 Å². The smallest absolute Gasteiger partial charge is 0.261 e. The predicted molar refractivity (Wildman–Crippen MR) is 98.9 cm³/mol. The summed E-state index contributed by atoms with van der Waals surface area (Å²) in [4.78, 5) is 17.2. The highest BCUT2D eigenvalue weighted by Gasteiger charge is 2.22. The fourth-order valence-corrected chi connectivity index (χ4v) is 4.83. The Hall–Kier alpha value is -0.910. The number of ether oxygens (including phenoxy) is 1. The maximum Gasteiger partial charge on any atom is 0.261 e. The summed E-state index contributed by atoms with van der Waals surface area (Å²) in [6.07, 6.45) is 6.22. The summed E-state index contributed by atoms with van der Waals surface area (Å²) >= 11 is 1.69. The number of thiophene rings is 1. The van der Waals surface area contributed by atoms with Gasteiger partial charge in [-0.2, -0.15) is 0 Å². The van der Waals surface area contributed by atoms with Crippen LogP contribution in [-0.2, 0) is 17.6 Å². The number of morpholine rings is 1. The molecular formula is C19H30N2O2S. The summed E-state index contributed by atoms with van der Waals surface area (Å²) in [6.45, 7) is 8.88. The first-order chi connectivity index (χ1) is 11.6. The maximum atomic E-state index is 12.5. The van der Waals surface area contributed by atoms with Crippen molar-refractivity contribution in [3.05, 3.63) is 21.4 Å². The van der Waals surface area contributed by atoms with Crippen molar-refractivity contribution in [3.63, 3.8) is 0 Å². The Morgan fingerprint density at radius 3 is 3.04 bits per heavy atom. The SMILES string of the molecule is CC(C)CN1CCO[C@@H](CNC(=O)c2cc3c(s2)CCCCC3)C1. The second kappa shape index (κ2) is 8.45. The maximum absolute atomic E-state index is 12.5. The zero-order valence-corrected chi connectivity index (χ0v) is 15.8. The second-order valence-corrected chi connectivity index (χ2v) is 8.61. The van der Waals surface area contributed by atoms with Crippen molar-refractivity contribution in [1.29, 1.82) is 0 Å². The number of nitrogens with zero attached hydrogens (tertiary/aromatic N) is 1. The Labute approximate surface area is 149 Å². The normalized spacial score (nSPS) is 22.2. The Morgan fingerprint density at radius 2 is 2.21 bits per heavy atom. The number of hydrogen-bond acceptors (Lipinski definition) is 4. The lowest BCUT2D eigenvalue weighted by atomic mass is 10.1. The summed E-state index contributed by atoms with van der Waals surface area (Å²) in [6, 6.07) is 2.12. The van der Waals surface area contributed by atoms with Crippen LogP contribution in [0.5, 0.6) is 0 Å². The first-order valence-corrected chi connectivity index (χ1v) is 10.2. The van der Waals surface area contributed by atoms with E-state index in [9.17, 15) is 4.79 Å². The lowest BCUT2D eigenvalue weighted by Crippen LogP contribution is -2.48. The molecule has 0 bridgehead atoms. The minimum absolute atomic E-state index is 0.0673. The van der Waals surface area contributed by atoms with E-state index in [0.717, 1.165) is 44.0 Å². The zero-order valence-electron chi connectivity index (χ0n) is 15.0. The Kier molecular flexibility index (Phi) is 6.31. The number of rotatable bonds is 5. The Morgan fingerprint density at radius 1 is 1.38 bits per heavy atom. The molecule has 1 fully saturated rings. The Bertz CT molecular complexity index is 532.